The quantitative estimate of drug-likeness (QED) is 0.710. The molecule has 0 saturated carbocycles. The van der Waals surface area contributed by atoms with Crippen molar-refractivity contribution in [2.24, 2.45) is 11.7 Å². The van der Waals surface area contributed by atoms with E-state index in [0.29, 0.717) is 12.3 Å². The molecule has 0 unspecified atom stereocenters. The Labute approximate surface area is 108 Å². The van der Waals surface area contributed by atoms with Crippen LogP contribution in [0.3, 0.4) is 0 Å². The second-order valence-electron chi connectivity index (χ2n) is 4.89. The highest BCUT2D eigenvalue weighted by atomic mass is 16.3. The van der Waals surface area contributed by atoms with Gasteiger partial charge in [-0.2, -0.15) is 0 Å². The van der Waals surface area contributed by atoms with Crippen molar-refractivity contribution < 1.29 is 9.90 Å². The van der Waals surface area contributed by atoms with Crippen LogP contribution < -0.4 is 11.1 Å². The Balaban J connectivity index is 2.61. The number of rotatable bonds is 6. The third-order valence-electron chi connectivity index (χ3n) is 2.76. The fraction of sp³-hybridized carbons (Fsp3) is 0.500. The van der Waals surface area contributed by atoms with E-state index in [9.17, 15) is 9.90 Å². The van der Waals surface area contributed by atoms with E-state index in [1.165, 1.54) is 0 Å². The van der Waals surface area contributed by atoms with Crippen LogP contribution in [-0.2, 0) is 4.79 Å². The normalized spacial score (nSPS) is 14.3. The van der Waals surface area contributed by atoms with Gasteiger partial charge in [0.15, 0.2) is 0 Å². The van der Waals surface area contributed by atoms with Gasteiger partial charge in [0.1, 0.15) is 0 Å². The molecule has 0 spiro atoms. The van der Waals surface area contributed by atoms with Crippen molar-refractivity contribution in [1.82, 2.24) is 5.32 Å². The minimum atomic E-state index is -0.525. The average molecular weight is 250 g/mol. The van der Waals surface area contributed by atoms with Crippen molar-refractivity contribution in [3.8, 4) is 0 Å². The van der Waals surface area contributed by atoms with E-state index in [0.717, 1.165) is 5.56 Å². The van der Waals surface area contributed by atoms with E-state index in [1.54, 1.807) is 0 Å². The van der Waals surface area contributed by atoms with Gasteiger partial charge >= 0.3 is 0 Å². The molecule has 0 heterocycles. The summed E-state index contributed by atoms with van der Waals surface area (Å²) in [6.07, 6.45) is 0.638. The van der Waals surface area contributed by atoms with Gasteiger partial charge in [0, 0.05) is 0 Å². The lowest BCUT2D eigenvalue weighted by atomic mass is 10.0. The first-order valence-corrected chi connectivity index (χ1v) is 6.26. The highest BCUT2D eigenvalue weighted by Gasteiger charge is 2.19. The smallest absolute Gasteiger partial charge is 0.237 e. The monoisotopic (exact) mass is 250 g/mol. The molecular weight excluding hydrogens is 228 g/mol. The molecule has 0 aliphatic heterocycles. The Hall–Kier alpha value is -1.39. The van der Waals surface area contributed by atoms with Crippen molar-refractivity contribution in [2.45, 2.75) is 32.4 Å². The zero-order valence-corrected chi connectivity index (χ0v) is 11.0. The molecule has 1 amide bonds. The molecule has 0 aliphatic rings. The average Bonchev–Trinajstić information content (AvgIpc) is 2.35. The summed E-state index contributed by atoms with van der Waals surface area (Å²) >= 11 is 0. The third kappa shape index (κ3) is 4.47. The Kier molecular flexibility index (Phi) is 5.82. The van der Waals surface area contributed by atoms with Gasteiger partial charge in [-0.25, -0.2) is 0 Å². The minimum absolute atomic E-state index is 0.135. The van der Waals surface area contributed by atoms with Gasteiger partial charge in [0.2, 0.25) is 5.91 Å². The maximum atomic E-state index is 11.9. The van der Waals surface area contributed by atoms with Crippen LogP contribution in [-0.4, -0.2) is 23.7 Å². The summed E-state index contributed by atoms with van der Waals surface area (Å²) in [4.78, 5) is 11.9. The number of amides is 1. The number of carbonyl (C=O) groups excluding carboxylic acids is 1. The zero-order valence-electron chi connectivity index (χ0n) is 11.0. The van der Waals surface area contributed by atoms with Crippen molar-refractivity contribution in [1.29, 1.82) is 0 Å². The van der Waals surface area contributed by atoms with Crippen LogP contribution in [0, 0.1) is 5.92 Å². The predicted molar refractivity (Wildman–Crippen MR) is 71.8 cm³/mol. The molecule has 18 heavy (non-hydrogen) atoms. The molecule has 1 aromatic rings. The maximum Gasteiger partial charge on any atom is 0.237 e. The fourth-order valence-corrected chi connectivity index (χ4v) is 1.81. The van der Waals surface area contributed by atoms with Crippen LogP contribution in [0.4, 0.5) is 0 Å². The van der Waals surface area contributed by atoms with Crippen molar-refractivity contribution >= 4 is 5.91 Å². The van der Waals surface area contributed by atoms with Gasteiger partial charge in [-0.1, -0.05) is 44.2 Å². The molecule has 4 heteroatoms. The molecule has 0 saturated heterocycles. The Morgan fingerprint density at radius 1 is 1.33 bits per heavy atom. The Morgan fingerprint density at radius 3 is 2.44 bits per heavy atom. The van der Waals surface area contributed by atoms with Gasteiger partial charge in [-0.15, -0.1) is 0 Å². The molecule has 1 rings (SSSR count). The Morgan fingerprint density at radius 2 is 1.94 bits per heavy atom. The van der Waals surface area contributed by atoms with E-state index < -0.39 is 12.1 Å². The molecule has 4 nitrogen and oxygen atoms in total. The van der Waals surface area contributed by atoms with Crippen LogP contribution in [0.25, 0.3) is 0 Å². The number of nitrogens with two attached hydrogens (primary N) is 1. The lowest BCUT2D eigenvalue weighted by Crippen LogP contribution is -2.43. The molecule has 0 aromatic heterocycles. The SMILES string of the molecule is CC(C)C[C@H](N)C(=O)N[C@@H](CO)c1ccccc1. The van der Waals surface area contributed by atoms with E-state index in [4.69, 9.17) is 5.73 Å². The van der Waals surface area contributed by atoms with Crippen LogP contribution >= 0.6 is 0 Å². The van der Waals surface area contributed by atoms with Gasteiger partial charge in [-0.05, 0) is 17.9 Å². The molecule has 1 aromatic carbocycles. The van der Waals surface area contributed by atoms with Gasteiger partial charge in [-0.3, -0.25) is 4.79 Å². The standard InChI is InChI=1S/C14H22N2O2/c1-10(2)8-12(15)14(18)16-13(9-17)11-6-4-3-5-7-11/h3-7,10,12-13,17H,8-9,15H2,1-2H3,(H,16,18)/t12-,13-/m0/s1. The van der Waals surface area contributed by atoms with E-state index in [1.807, 2.05) is 44.2 Å². The minimum Gasteiger partial charge on any atom is -0.394 e. The van der Waals surface area contributed by atoms with Crippen LogP contribution in [0.2, 0.25) is 0 Å². The first-order chi connectivity index (χ1) is 8.54. The number of aliphatic hydroxyl groups excluding tert-OH is 1. The number of carbonyl (C=O) groups is 1. The maximum absolute atomic E-state index is 11.9. The molecule has 100 valence electrons. The van der Waals surface area contributed by atoms with Crippen LogP contribution in [0.5, 0.6) is 0 Å². The molecular formula is C14H22N2O2. The number of nitrogens with one attached hydrogen (secondary N) is 1. The molecule has 4 N–H and O–H groups in total. The highest BCUT2D eigenvalue weighted by molar-refractivity contribution is 5.81. The second-order valence-corrected chi connectivity index (χ2v) is 4.89. The van der Waals surface area contributed by atoms with Gasteiger partial charge in [0.25, 0.3) is 0 Å². The first kappa shape index (κ1) is 14.7. The summed E-state index contributed by atoms with van der Waals surface area (Å²) in [7, 11) is 0. The largest absolute Gasteiger partial charge is 0.394 e. The molecule has 0 fully saturated rings. The topological polar surface area (TPSA) is 75.4 Å². The van der Waals surface area contributed by atoms with Crippen LogP contribution in [0.1, 0.15) is 31.9 Å². The molecule has 0 bridgehead atoms. The van der Waals surface area contributed by atoms with Crippen molar-refractivity contribution in [3.05, 3.63) is 35.9 Å². The first-order valence-electron chi connectivity index (χ1n) is 6.26. The molecule has 0 aliphatic carbocycles. The van der Waals surface area contributed by atoms with Crippen molar-refractivity contribution in [2.75, 3.05) is 6.61 Å². The summed E-state index contributed by atoms with van der Waals surface area (Å²) in [6.45, 7) is 3.91. The summed E-state index contributed by atoms with van der Waals surface area (Å²) in [6, 6.07) is 8.46. The summed E-state index contributed by atoms with van der Waals surface area (Å²) < 4.78 is 0. The molecule has 2 atom stereocenters. The van der Waals surface area contributed by atoms with E-state index in [-0.39, 0.29) is 12.5 Å². The lowest BCUT2D eigenvalue weighted by Gasteiger charge is -2.20. The van der Waals surface area contributed by atoms with Crippen LogP contribution in [0.15, 0.2) is 30.3 Å². The zero-order chi connectivity index (χ0) is 13.5. The van der Waals surface area contributed by atoms with Gasteiger partial charge < -0.3 is 16.2 Å². The number of hydrogen-bond donors (Lipinski definition) is 3. The number of aliphatic hydroxyl groups is 1. The Bertz CT molecular complexity index is 365. The van der Waals surface area contributed by atoms with Gasteiger partial charge in [0.05, 0.1) is 18.7 Å². The number of benzene rings is 1. The van der Waals surface area contributed by atoms with Crippen molar-refractivity contribution in [3.63, 3.8) is 0 Å². The summed E-state index contributed by atoms with van der Waals surface area (Å²) in [5.74, 6) is 0.154. The van der Waals surface area contributed by atoms with E-state index >= 15 is 0 Å². The number of hydrogen-bond acceptors (Lipinski definition) is 3. The highest BCUT2D eigenvalue weighted by Crippen LogP contribution is 2.12. The fourth-order valence-electron chi connectivity index (χ4n) is 1.81. The summed E-state index contributed by atoms with van der Waals surface area (Å²) in [5.41, 5.74) is 6.69. The second kappa shape index (κ2) is 7.13. The molecule has 0 radical (unpaired) electrons. The predicted octanol–water partition coefficient (Wildman–Crippen LogP) is 1.21. The summed E-state index contributed by atoms with van der Waals surface area (Å²) in [5, 5.41) is 12.1. The third-order valence-corrected chi connectivity index (χ3v) is 2.76. The lowest BCUT2D eigenvalue weighted by molar-refractivity contribution is -0.123. The van der Waals surface area contributed by atoms with E-state index in [2.05, 4.69) is 5.32 Å².